The Morgan fingerprint density at radius 2 is 1.95 bits per heavy atom. The van der Waals surface area contributed by atoms with Crippen LogP contribution in [0.3, 0.4) is 0 Å². The number of nitrogens with one attached hydrogen (secondary N) is 2. The monoisotopic (exact) mass is 552 g/mol. The third kappa shape index (κ3) is 6.85. The lowest BCUT2D eigenvalue weighted by Crippen LogP contribution is -2.42. The molecule has 0 radical (unpaired) electrons. The van der Waals surface area contributed by atoms with Crippen LogP contribution in [0.15, 0.2) is 58.2 Å². The molecule has 2 N–H and O–H groups in total. The van der Waals surface area contributed by atoms with Gasteiger partial charge in [-0.2, -0.15) is 0 Å². The summed E-state index contributed by atoms with van der Waals surface area (Å²) in [4.78, 5) is 38.4. The molecule has 1 aliphatic heterocycles. The van der Waals surface area contributed by atoms with Crippen molar-refractivity contribution in [2.24, 2.45) is 4.99 Å². The summed E-state index contributed by atoms with van der Waals surface area (Å²) < 4.78 is 29.0. The quantitative estimate of drug-likeness (QED) is 0.254. The van der Waals surface area contributed by atoms with Gasteiger partial charge < -0.3 is 10.2 Å². The summed E-state index contributed by atoms with van der Waals surface area (Å²) in [5.74, 6) is -1.13. The number of carbonyl (C=O) groups excluding carboxylic acids is 2. The highest BCUT2D eigenvalue weighted by molar-refractivity contribution is 8.18. The summed E-state index contributed by atoms with van der Waals surface area (Å²) in [6.45, 7) is 5.66. The fraction of sp³-hybridized carbons (Fsp3) is 0.321. The van der Waals surface area contributed by atoms with Crippen molar-refractivity contribution in [3.8, 4) is 0 Å². The van der Waals surface area contributed by atoms with Crippen molar-refractivity contribution in [3.05, 3.63) is 76.1 Å². The minimum absolute atomic E-state index is 0.0707. The van der Waals surface area contributed by atoms with E-state index in [1.165, 1.54) is 24.4 Å². The maximum absolute atomic E-state index is 14.5. The number of amides is 2. The molecule has 4 rings (SSSR count). The van der Waals surface area contributed by atoms with Gasteiger partial charge in [0.25, 0.3) is 11.1 Å². The van der Waals surface area contributed by atoms with Crippen molar-refractivity contribution >= 4 is 47.2 Å². The zero-order valence-corrected chi connectivity index (χ0v) is 22.6. The molecule has 1 saturated heterocycles. The van der Waals surface area contributed by atoms with Crippen LogP contribution < -0.4 is 15.5 Å². The average molecular weight is 553 g/mol. The molecular formula is C28H30F2N6O2S. The van der Waals surface area contributed by atoms with E-state index < -0.39 is 22.8 Å². The smallest absolute Gasteiger partial charge is 0.290 e. The van der Waals surface area contributed by atoms with Gasteiger partial charge in [-0.15, -0.1) is 0 Å². The standard InChI is InChI=1S/C28H30F2N6O2S/c1-4-21(25-22(29)6-5-7-23(25)30)17(15-31-2)16-33-18-8-10-20(11-9-18)36(3)27-32-13-12-19(34-27)14-24-26(37)35-28(38)39-24/h4-7,12-15,18,20,33H,2,8-11,16H2,1,3H3,(H,35,37,38)/b17-15-,21-4+,24-14-/t18-,20-. The van der Waals surface area contributed by atoms with Crippen LogP contribution >= 0.6 is 11.8 Å². The van der Waals surface area contributed by atoms with E-state index in [4.69, 9.17) is 0 Å². The summed E-state index contributed by atoms with van der Waals surface area (Å²) in [7, 11) is 1.95. The zero-order valence-electron chi connectivity index (χ0n) is 21.8. The third-order valence-corrected chi connectivity index (χ3v) is 7.65. The Morgan fingerprint density at radius 3 is 2.56 bits per heavy atom. The Balaban J connectivity index is 1.36. The number of carbonyl (C=O) groups is 2. The fourth-order valence-corrected chi connectivity index (χ4v) is 5.49. The molecular weight excluding hydrogens is 522 g/mol. The lowest BCUT2D eigenvalue weighted by molar-refractivity contribution is -0.115. The second-order valence-electron chi connectivity index (χ2n) is 9.27. The number of nitrogens with zero attached hydrogens (tertiary/aromatic N) is 4. The van der Waals surface area contributed by atoms with E-state index in [1.807, 2.05) is 11.9 Å². The molecule has 2 aromatic rings. The summed E-state index contributed by atoms with van der Waals surface area (Å²) >= 11 is 0.850. The lowest BCUT2D eigenvalue weighted by atomic mass is 9.90. The van der Waals surface area contributed by atoms with Crippen molar-refractivity contribution in [2.75, 3.05) is 18.5 Å². The number of halogens is 2. The molecule has 11 heteroatoms. The van der Waals surface area contributed by atoms with E-state index in [1.54, 1.807) is 31.3 Å². The van der Waals surface area contributed by atoms with Crippen molar-refractivity contribution in [1.29, 1.82) is 0 Å². The number of imide groups is 1. The number of benzene rings is 1. The zero-order chi connectivity index (χ0) is 27.9. The fourth-order valence-electron chi connectivity index (χ4n) is 4.82. The highest BCUT2D eigenvalue weighted by atomic mass is 32.2. The van der Waals surface area contributed by atoms with Crippen LogP contribution in [0.2, 0.25) is 0 Å². The van der Waals surface area contributed by atoms with Crippen LogP contribution in [0.4, 0.5) is 19.5 Å². The van der Waals surface area contributed by atoms with Crippen LogP contribution in [0.1, 0.15) is 43.9 Å². The molecule has 2 heterocycles. The van der Waals surface area contributed by atoms with E-state index in [-0.39, 0.29) is 17.6 Å². The van der Waals surface area contributed by atoms with Gasteiger partial charge in [-0.1, -0.05) is 12.1 Å². The van der Waals surface area contributed by atoms with Gasteiger partial charge in [0.1, 0.15) is 11.6 Å². The molecule has 0 bridgehead atoms. The average Bonchev–Trinajstić information content (AvgIpc) is 3.25. The molecule has 1 aromatic heterocycles. The maximum Gasteiger partial charge on any atom is 0.290 e. The molecule has 1 aromatic carbocycles. The number of rotatable bonds is 9. The number of hydrogen-bond donors (Lipinski definition) is 2. The Bertz CT molecular complexity index is 1330. The van der Waals surface area contributed by atoms with Crippen LogP contribution in [0.5, 0.6) is 0 Å². The minimum Gasteiger partial charge on any atom is -0.341 e. The van der Waals surface area contributed by atoms with E-state index in [0.29, 0.717) is 34.2 Å². The molecule has 8 nitrogen and oxygen atoms in total. The van der Waals surface area contributed by atoms with Gasteiger partial charge in [0.05, 0.1) is 16.2 Å². The topological polar surface area (TPSA) is 99.6 Å². The first-order valence-electron chi connectivity index (χ1n) is 12.6. The van der Waals surface area contributed by atoms with Crippen molar-refractivity contribution in [1.82, 2.24) is 20.6 Å². The van der Waals surface area contributed by atoms with Gasteiger partial charge in [-0.25, -0.2) is 18.7 Å². The predicted molar refractivity (Wildman–Crippen MR) is 151 cm³/mol. The molecule has 2 amide bonds. The van der Waals surface area contributed by atoms with Gasteiger partial charge in [0.15, 0.2) is 0 Å². The minimum atomic E-state index is -0.622. The molecule has 0 atom stereocenters. The molecule has 2 aliphatic rings. The van der Waals surface area contributed by atoms with Crippen LogP contribution in [0.25, 0.3) is 11.6 Å². The number of aliphatic imine (C=N–C) groups is 1. The Hall–Kier alpha value is -3.70. The number of anilines is 1. The largest absolute Gasteiger partial charge is 0.341 e. The van der Waals surface area contributed by atoms with E-state index in [9.17, 15) is 18.4 Å². The maximum atomic E-state index is 14.5. The van der Waals surface area contributed by atoms with E-state index in [0.717, 1.165) is 37.4 Å². The molecule has 1 saturated carbocycles. The summed E-state index contributed by atoms with van der Waals surface area (Å²) in [5, 5.41) is 5.36. The Morgan fingerprint density at radius 1 is 1.23 bits per heavy atom. The second-order valence-corrected chi connectivity index (χ2v) is 10.3. The Labute approximate surface area is 230 Å². The molecule has 39 heavy (non-hydrogen) atoms. The number of allylic oxidation sites excluding steroid dienone is 1. The van der Waals surface area contributed by atoms with Crippen LogP contribution in [-0.2, 0) is 4.79 Å². The first-order valence-corrected chi connectivity index (χ1v) is 13.4. The first kappa shape index (κ1) is 28.3. The number of aromatic nitrogens is 2. The SMILES string of the molecule is C=N/C=C(CN[C@H]1CC[C@H](N(C)c2nccc(/C=C3\SC(=O)NC3=O)n2)CC1)\C(=C/C)c1c(F)cccc1F. The van der Waals surface area contributed by atoms with E-state index >= 15 is 0 Å². The second kappa shape index (κ2) is 12.9. The first-order chi connectivity index (χ1) is 18.8. The van der Waals surface area contributed by atoms with Gasteiger partial charge in [0, 0.05) is 38.1 Å². The number of thioether (sulfide) groups is 1. The summed E-state index contributed by atoms with van der Waals surface area (Å²) in [6, 6.07) is 5.97. The van der Waals surface area contributed by atoms with Gasteiger partial charge in [0.2, 0.25) is 5.95 Å². The van der Waals surface area contributed by atoms with Gasteiger partial charge in [-0.3, -0.25) is 19.9 Å². The molecule has 2 fully saturated rings. The molecule has 0 spiro atoms. The van der Waals surface area contributed by atoms with Gasteiger partial charge in [-0.05, 0) is 86.5 Å². The summed E-state index contributed by atoms with van der Waals surface area (Å²) in [5.41, 5.74) is 1.59. The number of hydrogen-bond acceptors (Lipinski definition) is 8. The highest BCUT2D eigenvalue weighted by Crippen LogP contribution is 2.30. The molecule has 204 valence electrons. The highest BCUT2D eigenvalue weighted by Gasteiger charge is 2.27. The normalized spacial score (nSPS) is 21.3. The van der Waals surface area contributed by atoms with Gasteiger partial charge >= 0.3 is 0 Å². The van der Waals surface area contributed by atoms with Crippen molar-refractivity contribution in [2.45, 2.75) is 44.7 Å². The van der Waals surface area contributed by atoms with E-state index in [2.05, 4.69) is 32.3 Å². The van der Waals surface area contributed by atoms with Crippen LogP contribution in [0, 0.1) is 11.6 Å². The molecule has 1 aliphatic carbocycles. The lowest BCUT2D eigenvalue weighted by Gasteiger charge is -2.35. The van der Waals surface area contributed by atoms with Crippen molar-refractivity contribution < 1.29 is 18.4 Å². The molecule has 0 unspecified atom stereocenters. The summed E-state index contributed by atoms with van der Waals surface area (Å²) in [6.07, 6.45) is 10.0. The van der Waals surface area contributed by atoms with Crippen molar-refractivity contribution in [3.63, 3.8) is 0 Å². The predicted octanol–water partition coefficient (Wildman–Crippen LogP) is 5.10. The van der Waals surface area contributed by atoms with Crippen LogP contribution in [-0.4, -0.2) is 53.5 Å². The third-order valence-electron chi connectivity index (χ3n) is 6.84. The Kier molecular flexibility index (Phi) is 9.36.